The molecular formula is C8H9BN2O3. The van der Waals surface area contributed by atoms with Gasteiger partial charge < -0.3 is 19.8 Å². The Morgan fingerprint density at radius 1 is 1.43 bits per heavy atom. The summed E-state index contributed by atoms with van der Waals surface area (Å²) in [6.07, 6.45) is 0. The lowest BCUT2D eigenvalue weighted by Crippen LogP contribution is -2.30. The van der Waals surface area contributed by atoms with Crippen LogP contribution in [0.2, 0.25) is 0 Å². The van der Waals surface area contributed by atoms with Crippen molar-refractivity contribution >= 4 is 23.7 Å². The Labute approximate surface area is 80.5 Å². The van der Waals surface area contributed by atoms with Crippen molar-refractivity contribution in [2.24, 2.45) is 0 Å². The fourth-order valence-corrected chi connectivity index (χ4v) is 1.26. The third-order valence-corrected chi connectivity index (χ3v) is 1.96. The van der Waals surface area contributed by atoms with Crippen LogP contribution in [0.25, 0.3) is 11.0 Å². The molecule has 0 spiro atoms. The average molecular weight is 192 g/mol. The third kappa shape index (κ3) is 1.45. The van der Waals surface area contributed by atoms with Gasteiger partial charge in [-0.15, -0.1) is 0 Å². The van der Waals surface area contributed by atoms with Crippen LogP contribution in [0.15, 0.2) is 18.2 Å². The maximum absolute atomic E-state index is 8.92. The van der Waals surface area contributed by atoms with Gasteiger partial charge >= 0.3 is 7.12 Å². The number of hydrogen-bond acceptors (Lipinski definition) is 4. The summed E-state index contributed by atoms with van der Waals surface area (Å²) < 4.78 is 4.94. The molecule has 2 rings (SSSR count). The molecule has 5 nitrogen and oxygen atoms in total. The van der Waals surface area contributed by atoms with E-state index in [2.05, 4.69) is 9.97 Å². The highest BCUT2D eigenvalue weighted by atomic mass is 16.5. The van der Waals surface area contributed by atoms with Crippen LogP contribution in [0.1, 0.15) is 0 Å². The van der Waals surface area contributed by atoms with Gasteiger partial charge in [0.1, 0.15) is 0 Å². The quantitative estimate of drug-likeness (QED) is 0.547. The van der Waals surface area contributed by atoms with E-state index < -0.39 is 7.12 Å². The summed E-state index contributed by atoms with van der Waals surface area (Å²) in [5.41, 5.74) is 1.71. The van der Waals surface area contributed by atoms with E-state index in [1.807, 2.05) is 0 Å². The molecule has 0 unspecified atom stereocenters. The van der Waals surface area contributed by atoms with Gasteiger partial charge in [-0.25, -0.2) is 4.98 Å². The number of fused-ring (bicyclic) bond motifs is 1. The SMILES string of the molecule is COc1ccc2[nH]c(B(O)O)cc2n1. The first-order chi connectivity index (χ1) is 6.70. The maximum Gasteiger partial charge on any atom is 0.505 e. The topological polar surface area (TPSA) is 78.4 Å². The fraction of sp³-hybridized carbons (Fsp3) is 0.125. The number of ether oxygens (including phenoxy) is 1. The van der Waals surface area contributed by atoms with Crippen molar-refractivity contribution in [1.82, 2.24) is 9.97 Å². The molecule has 2 aromatic rings. The van der Waals surface area contributed by atoms with E-state index >= 15 is 0 Å². The zero-order valence-corrected chi connectivity index (χ0v) is 7.56. The Bertz CT molecular complexity index is 455. The molecule has 0 fully saturated rings. The summed E-state index contributed by atoms with van der Waals surface area (Å²) in [6.45, 7) is 0. The van der Waals surface area contributed by atoms with Crippen LogP contribution in [-0.2, 0) is 0 Å². The summed E-state index contributed by atoms with van der Waals surface area (Å²) in [5.74, 6) is 0.496. The van der Waals surface area contributed by atoms with Gasteiger partial charge in [-0.2, -0.15) is 0 Å². The van der Waals surface area contributed by atoms with Crippen molar-refractivity contribution in [1.29, 1.82) is 0 Å². The molecule has 2 heterocycles. The Morgan fingerprint density at radius 2 is 2.21 bits per heavy atom. The van der Waals surface area contributed by atoms with Gasteiger partial charge in [-0.3, -0.25) is 0 Å². The first-order valence-electron chi connectivity index (χ1n) is 4.10. The van der Waals surface area contributed by atoms with Crippen molar-refractivity contribution < 1.29 is 14.8 Å². The Morgan fingerprint density at radius 3 is 2.86 bits per heavy atom. The fourth-order valence-electron chi connectivity index (χ4n) is 1.26. The van der Waals surface area contributed by atoms with Crippen LogP contribution >= 0.6 is 0 Å². The molecule has 0 aliphatic rings. The molecule has 0 bridgehead atoms. The average Bonchev–Trinajstić information content (AvgIpc) is 2.59. The minimum Gasteiger partial charge on any atom is -0.481 e. The standard InChI is InChI=1S/C8H9BN2O3/c1-14-8-3-2-5-6(11-8)4-7(10-5)9(12)13/h2-4,10,12-13H,1H3. The van der Waals surface area contributed by atoms with Gasteiger partial charge in [-0.05, 0) is 12.1 Å². The maximum atomic E-state index is 8.92. The molecule has 72 valence electrons. The molecule has 0 radical (unpaired) electrons. The predicted molar refractivity (Wildman–Crippen MR) is 52.5 cm³/mol. The van der Waals surface area contributed by atoms with Gasteiger partial charge in [-0.1, -0.05) is 0 Å². The van der Waals surface area contributed by atoms with Crippen LogP contribution in [0.4, 0.5) is 0 Å². The number of pyridine rings is 1. The van der Waals surface area contributed by atoms with Crippen LogP contribution in [-0.4, -0.2) is 34.2 Å². The molecule has 0 saturated carbocycles. The molecule has 0 aliphatic carbocycles. The normalized spacial score (nSPS) is 10.5. The summed E-state index contributed by atoms with van der Waals surface area (Å²) >= 11 is 0. The zero-order valence-electron chi connectivity index (χ0n) is 7.56. The van der Waals surface area contributed by atoms with E-state index in [-0.39, 0.29) is 0 Å². The lowest BCUT2D eigenvalue weighted by Gasteiger charge is -1.96. The summed E-state index contributed by atoms with van der Waals surface area (Å²) in [5, 5.41) is 17.8. The highest BCUT2D eigenvalue weighted by molar-refractivity contribution is 6.58. The highest BCUT2D eigenvalue weighted by Crippen LogP contribution is 2.13. The van der Waals surface area contributed by atoms with Crippen molar-refractivity contribution in [2.75, 3.05) is 7.11 Å². The molecule has 0 aliphatic heterocycles. The minimum atomic E-state index is -1.50. The lowest BCUT2D eigenvalue weighted by molar-refractivity contribution is 0.399. The van der Waals surface area contributed by atoms with Gasteiger partial charge in [0.25, 0.3) is 0 Å². The number of nitrogens with zero attached hydrogens (tertiary/aromatic N) is 1. The van der Waals surface area contributed by atoms with Crippen LogP contribution in [0.3, 0.4) is 0 Å². The monoisotopic (exact) mass is 192 g/mol. The largest absolute Gasteiger partial charge is 0.505 e. The van der Waals surface area contributed by atoms with E-state index in [1.54, 1.807) is 18.2 Å². The zero-order chi connectivity index (χ0) is 10.1. The summed E-state index contributed by atoms with van der Waals surface area (Å²) in [6, 6.07) is 5.04. The number of aromatic amines is 1. The van der Waals surface area contributed by atoms with Crippen LogP contribution in [0.5, 0.6) is 5.88 Å². The molecule has 14 heavy (non-hydrogen) atoms. The number of methoxy groups -OCH3 is 1. The molecule has 0 saturated heterocycles. The molecular weight excluding hydrogens is 183 g/mol. The second-order valence-corrected chi connectivity index (χ2v) is 2.88. The smallest absolute Gasteiger partial charge is 0.481 e. The molecule has 0 amide bonds. The minimum absolute atomic E-state index is 0.320. The van der Waals surface area contributed by atoms with Gasteiger partial charge in [0.2, 0.25) is 5.88 Å². The van der Waals surface area contributed by atoms with Crippen molar-refractivity contribution in [3.8, 4) is 5.88 Å². The molecule has 6 heteroatoms. The Balaban J connectivity index is 2.54. The first-order valence-corrected chi connectivity index (χ1v) is 4.10. The van der Waals surface area contributed by atoms with Gasteiger partial charge in [0, 0.05) is 11.7 Å². The molecule has 0 aromatic carbocycles. The van der Waals surface area contributed by atoms with Crippen molar-refractivity contribution in [3.63, 3.8) is 0 Å². The molecule has 2 aromatic heterocycles. The first kappa shape index (κ1) is 9.05. The Hall–Kier alpha value is -1.53. The van der Waals surface area contributed by atoms with E-state index in [1.165, 1.54) is 7.11 Å². The van der Waals surface area contributed by atoms with E-state index in [0.29, 0.717) is 17.0 Å². The molecule has 0 atom stereocenters. The van der Waals surface area contributed by atoms with E-state index in [0.717, 1.165) is 5.52 Å². The lowest BCUT2D eigenvalue weighted by atomic mass is 9.87. The van der Waals surface area contributed by atoms with Crippen molar-refractivity contribution in [2.45, 2.75) is 0 Å². The van der Waals surface area contributed by atoms with Crippen LogP contribution in [0, 0.1) is 0 Å². The number of rotatable bonds is 2. The summed E-state index contributed by atoms with van der Waals surface area (Å²) in [7, 11) is 0.0259. The van der Waals surface area contributed by atoms with Gasteiger partial charge in [0.15, 0.2) is 0 Å². The third-order valence-electron chi connectivity index (χ3n) is 1.96. The number of H-pyrrole nitrogens is 1. The van der Waals surface area contributed by atoms with Crippen molar-refractivity contribution in [3.05, 3.63) is 18.2 Å². The Kier molecular flexibility index (Phi) is 2.15. The predicted octanol–water partition coefficient (Wildman–Crippen LogP) is -0.749. The van der Waals surface area contributed by atoms with E-state index in [9.17, 15) is 0 Å². The number of nitrogens with one attached hydrogen (secondary N) is 1. The van der Waals surface area contributed by atoms with Gasteiger partial charge in [0.05, 0.1) is 18.1 Å². The second-order valence-electron chi connectivity index (χ2n) is 2.88. The second kappa shape index (κ2) is 3.32. The van der Waals surface area contributed by atoms with E-state index in [4.69, 9.17) is 14.8 Å². The van der Waals surface area contributed by atoms with Crippen LogP contribution < -0.4 is 10.3 Å². The summed E-state index contributed by atoms with van der Waals surface area (Å²) in [4.78, 5) is 6.95. The molecule has 3 N–H and O–H groups in total. The highest BCUT2D eigenvalue weighted by Gasteiger charge is 2.14. The number of aromatic nitrogens is 2. The number of hydrogen-bond donors (Lipinski definition) is 3.